The lowest BCUT2D eigenvalue weighted by atomic mass is 10.1. The molecule has 1 aliphatic rings. The number of carbonyl (C=O) groups is 1. The molecule has 1 heterocycles. The maximum atomic E-state index is 11.7. The molecule has 1 aliphatic heterocycles. The molecule has 0 N–H and O–H groups in total. The van der Waals surface area contributed by atoms with Crippen LogP contribution >= 0.6 is 0 Å². The summed E-state index contributed by atoms with van der Waals surface area (Å²) in [6, 6.07) is 5.90. The van der Waals surface area contributed by atoms with E-state index >= 15 is 0 Å². The van der Waals surface area contributed by atoms with E-state index in [0.29, 0.717) is 12.3 Å². The van der Waals surface area contributed by atoms with Crippen LogP contribution in [-0.2, 0) is 11.2 Å². The Bertz CT molecular complexity index is 459. The Labute approximate surface area is 114 Å². The van der Waals surface area contributed by atoms with Crippen molar-refractivity contribution in [2.75, 3.05) is 27.3 Å². The SMILES string of the molecule is COc1ccc(CCN2CC(C)CC2=O)cc1OC. The molecule has 1 fully saturated rings. The second-order valence-electron chi connectivity index (χ2n) is 5.09. The van der Waals surface area contributed by atoms with Crippen LogP contribution in [0.25, 0.3) is 0 Å². The summed E-state index contributed by atoms with van der Waals surface area (Å²) in [5.41, 5.74) is 1.16. The van der Waals surface area contributed by atoms with E-state index in [1.807, 2.05) is 23.1 Å². The molecule has 1 amide bonds. The number of ether oxygens (including phenoxy) is 2. The predicted molar refractivity (Wildman–Crippen MR) is 73.6 cm³/mol. The Balaban J connectivity index is 1.98. The van der Waals surface area contributed by atoms with Gasteiger partial charge in [0.05, 0.1) is 14.2 Å². The first-order valence-corrected chi connectivity index (χ1v) is 6.62. The van der Waals surface area contributed by atoms with Crippen molar-refractivity contribution in [2.45, 2.75) is 19.8 Å². The molecule has 4 heteroatoms. The number of methoxy groups -OCH3 is 2. The number of hydrogen-bond acceptors (Lipinski definition) is 3. The van der Waals surface area contributed by atoms with Gasteiger partial charge in [0, 0.05) is 19.5 Å². The molecule has 1 atom stereocenters. The van der Waals surface area contributed by atoms with Crippen molar-refractivity contribution in [2.24, 2.45) is 5.92 Å². The number of benzene rings is 1. The normalized spacial score (nSPS) is 18.8. The summed E-state index contributed by atoms with van der Waals surface area (Å²) in [7, 11) is 3.26. The summed E-state index contributed by atoms with van der Waals surface area (Å²) < 4.78 is 10.5. The van der Waals surface area contributed by atoms with Gasteiger partial charge in [0.15, 0.2) is 11.5 Å². The summed E-state index contributed by atoms with van der Waals surface area (Å²) in [6.45, 7) is 3.78. The van der Waals surface area contributed by atoms with Crippen LogP contribution in [0, 0.1) is 5.92 Å². The van der Waals surface area contributed by atoms with Crippen LogP contribution in [0.3, 0.4) is 0 Å². The molecule has 0 spiro atoms. The molecule has 104 valence electrons. The largest absolute Gasteiger partial charge is 0.493 e. The van der Waals surface area contributed by atoms with E-state index in [4.69, 9.17) is 9.47 Å². The Kier molecular flexibility index (Phi) is 4.30. The molecule has 0 bridgehead atoms. The zero-order chi connectivity index (χ0) is 13.8. The first kappa shape index (κ1) is 13.7. The molecule has 1 saturated heterocycles. The first-order valence-electron chi connectivity index (χ1n) is 6.62. The van der Waals surface area contributed by atoms with E-state index in [-0.39, 0.29) is 5.91 Å². The van der Waals surface area contributed by atoms with Gasteiger partial charge in [-0.05, 0) is 30.0 Å². The predicted octanol–water partition coefficient (Wildman–Crippen LogP) is 2.11. The number of nitrogens with zero attached hydrogens (tertiary/aromatic N) is 1. The fourth-order valence-corrected chi connectivity index (χ4v) is 2.49. The lowest BCUT2D eigenvalue weighted by Gasteiger charge is -2.16. The summed E-state index contributed by atoms with van der Waals surface area (Å²) in [5.74, 6) is 2.23. The highest BCUT2D eigenvalue weighted by Gasteiger charge is 2.25. The molecule has 2 rings (SSSR count). The maximum Gasteiger partial charge on any atom is 0.222 e. The first-order chi connectivity index (χ1) is 9.13. The quantitative estimate of drug-likeness (QED) is 0.816. The second kappa shape index (κ2) is 5.95. The van der Waals surface area contributed by atoms with Gasteiger partial charge in [-0.15, -0.1) is 0 Å². The van der Waals surface area contributed by atoms with Crippen LogP contribution in [0.15, 0.2) is 18.2 Å². The van der Waals surface area contributed by atoms with E-state index in [9.17, 15) is 4.79 Å². The van der Waals surface area contributed by atoms with E-state index in [2.05, 4.69) is 6.92 Å². The molecular formula is C15H21NO3. The third-order valence-corrected chi connectivity index (χ3v) is 3.53. The van der Waals surface area contributed by atoms with Crippen molar-refractivity contribution in [3.63, 3.8) is 0 Å². The van der Waals surface area contributed by atoms with Crippen LogP contribution in [-0.4, -0.2) is 38.1 Å². The molecule has 0 aliphatic carbocycles. The summed E-state index contributed by atoms with van der Waals surface area (Å²) in [4.78, 5) is 13.7. The van der Waals surface area contributed by atoms with Crippen LogP contribution in [0.5, 0.6) is 11.5 Å². The van der Waals surface area contributed by atoms with Gasteiger partial charge in [0.1, 0.15) is 0 Å². The summed E-state index contributed by atoms with van der Waals surface area (Å²) in [6.07, 6.45) is 1.53. The monoisotopic (exact) mass is 263 g/mol. The van der Waals surface area contributed by atoms with Crippen LogP contribution in [0.4, 0.5) is 0 Å². The molecule has 1 aromatic carbocycles. The van der Waals surface area contributed by atoms with E-state index in [0.717, 1.165) is 36.6 Å². The van der Waals surface area contributed by atoms with Gasteiger partial charge in [-0.25, -0.2) is 0 Å². The topological polar surface area (TPSA) is 38.8 Å². The Morgan fingerprint density at radius 2 is 2.00 bits per heavy atom. The zero-order valence-corrected chi connectivity index (χ0v) is 11.8. The minimum absolute atomic E-state index is 0.271. The average molecular weight is 263 g/mol. The summed E-state index contributed by atoms with van der Waals surface area (Å²) >= 11 is 0. The van der Waals surface area contributed by atoms with Gasteiger partial charge in [-0.1, -0.05) is 13.0 Å². The Morgan fingerprint density at radius 1 is 1.26 bits per heavy atom. The van der Waals surface area contributed by atoms with Gasteiger partial charge < -0.3 is 14.4 Å². The van der Waals surface area contributed by atoms with Crippen LogP contribution in [0.1, 0.15) is 18.9 Å². The van der Waals surface area contributed by atoms with Gasteiger partial charge in [0.25, 0.3) is 0 Å². The molecule has 0 saturated carbocycles. The number of rotatable bonds is 5. The maximum absolute atomic E-state index is 11.7. The van der Waals surface area contributed by atoms with Gasteiger partial charge >= 0.3 is 0 Å². The third-order valence-electron chi connectivity index (χ3n) is 3.53. The number of amides is 1. The lowest BCUT2D eigenvalue weighted by molar-refractivity contribution is -0.127. The second-order valence-corrected chi connectivity index (χ2v) is 5.09. The molecule has 4 nitrogen and oxygen atoms in total. The number of likely N-dealkylation sites (tertiary alicyclic amines) is 1. The minimum Gasteiger partial charge on any atom is -0.493 e. The minimum atomic E-state index is 0.271. The van der Waals surface area contributed by atoms with Gasteiger partial charge in [-0.2, -0.15) is 0 Å². The third kappa shape index (κ3) is 3.19. The number of carbonyl (C=O) groups excluding carboxylic acids is 1. The zero-order valence-electron chi connectivity index (χ0n) is 11.8. The molecular weight excluding hydrogens is 242 g/mol. The van der Waals surface area contributed by atoms with Crippen molar-refractivity contribution in [3.8, 4) is 11.5 Å². The molecule has 1 aromatic rings. The highest BCUT2D eigenvalue weighted by molar-refractivity contribution is 5.78. The van der Waals surface area contributed by atoms with Crippen molar-refractivity contribution in [3.05, 3.63) is 23.8 Å². The van der Waals surface area contributed by atoms with E-state index in [1.165, 1.54) is 0 Å². The molecule has 19 heavy (non-hydrogen) atoms. The van der Waals surface area contributed by atoms with Gasteiger partial charge in [-0.3, -0.25) is 4.79 Å². The van der Waals surface area contributed by atoms with Crippen LogP contribution < -0.4 is 9.47 Å². The van der Waals surface area contributed by atoms with Crippen molar-refractivity contribution >= 4 is 5.91 Å². The van der Waals surface area contributed by atoms with E-state index < -0.39 is 0 Å². The molecule has 0 aromatic heterocycles. The van der Waals surface area contributed by atoms with Crippen molar-refractivity contribution in [1.82, 2.24) is 4.90 Å². The van der Waals surface area contributed by atoms with Gasteiger partial charge in [0.2, 0.25) is 5.91 Å². The Hall–Kier alpha value is -1.71. The highest BCUT2D eigenvalue weighted by atomic mass is 16.5. The molecule has 1 unspecified atom stereocenters. The van der Waals surface area contributed by atoms with Crippen LogP contribution in [0.2, 0.25) is 0 Å². The fraction of sp³-hybridized carbons (Fsp3) is 0.533. The van der Waals surface area contributed by atoms with Crippen molar-refractivity contribution in [1.29, 1.82) is 0 Å². The summed E-state index contributed by atoms with van der Waals surface area (Å²) in [5, 5.41) is 0. The Morgan fingerprint density at radius 3 is 2.58 bits per heavy atom. The average Bonchev–Trinajstić information content (AvgIpc) is 2.74. The fourth-order valence-electron chi connectivity index (χ4n) is 2.49. The lowest BCUT2D eigenvalue weighted by Crippen LogP contribution is -2.27. The number of hydrogen-bond donors (Lipinski definition) is 0. The van der Waals surface area contributed by atoms with Crippen molar-refractivity contribution < 1.29 is 14.3 Å². The standard InChI is InChI=1S/C15H21NO3/c1-11-8-15(17)16(10-11)7-6-12-4-5-13(18-2)14(9-12)19-3/h4-5,9,11H,6-8,10H2,1-3H3. The smallest absolute Gasteiger partial charge is 0.222 e. The van der Waals surface area contributed by atoms with E-state index in [1.54, 1.807) is 14.2 Å². The molecule has 0 radical (unpaired) electrons. The highest BCUT2D eigenvalue weighted by Crippen LogP contribution is 2.28.